The van der Waals surface area contributed by atoms with Crippen molar-refractivity contribution in [1.29, 1.82) is 0 Å². The van der Waals surface area contributed by atoms with Crippen molar-refractivity contribution in [2.45, 2.75) is 110 Å². The van der Waals surface area contributed by atoms with Crippen molar-refractivity contribution in [3.8, 4) is 0 Å². The van der Waals surface area contributed by atoms with Crippen molar-refractivity contribution in [3.05, 3.63) is 34.4 Å². The minimum absolute atomic E-state index is 0. The summed E-state index contributed by atoms with van der Waals surface area (Å²) in [5, 5.41) is 0. The highest BCUT2D eigenvalue weighted by Crippen LogP contribution is 2.22. The van der Waals surface area contributed by atoms with Crippen LogP contribution in [0.15, 0.2) is 12.1 Å². The third kappa shape index (κ3) is 11.2. The van der Waals surface area contributed by atoms with Crippen LogP contribution >= 0.6 is 11.6 Å². The molecule has 0 unspecified atom stereocenters. The van der Waals surface area contributed by atoms with Crippen molar-refractivity contribution >= 4 is 11.6 Å². The molecule has 3 heteroatoms. The van der Waals surface area contributed by atoms with Crippen LogP contribution in [0.5, 0.6) is 0 Å². The van der Waals surface area contributed by atoms with Crippen molar-refractivity contribution < 1.29 is 5.48 Å². The van der Waals surface area contributed by atoms with Crippen LogP contribution in [0.2, 0.25) is 0 Å². The zero-order chi connectivity index (χ0) is 17.6. The van der Waals surface area contributed by atoms with Gasteiger partial charge < -0.3 is 11.6 Å². The molecule has 0 amide bonds. The van der Waals surface area contributed by atoms with Crippen molar-refractivity contribution in [3.63, 3.8) is 0 Å². The van der Waals surface area contributed by atoms with E-state index in [0.29, 0.717) is 5.88 Å². The molecule has 1 aromatic rings. The van der Waals surface area contributed by atoms with Gasteiger partial charge in [-0.05, 0) is 48.9 Å². The van der Waals surface area contributed by atoms with Crippen LogP contribution in [0.4, 0.5) is 0 Å². The van der Waals surface area contributed by atoms with E-state index in [2.05, 4.69) is 32.9 Å². The number of rotatable bonds is 14. The number of aryl methyl sites for hydroxylation is 1. The van der Waals surface area contributed by atoms with Crippen LogP contribution in [-0.2, 0) is 12.3 Å². The minimum Gasteiger partial charge on any atom is -0.412 e. The Hall–Kier alpha value is -0.570. The first-order chi connectivity index (χ1) is 11.7. The smallest absolute Gasteiger partial charge is 0.0476 e. The number of alkyl halides is 1. The van der Waals surface area contributed by atoms with Gasteiger partial charge in [0.15, 0.2) is 0 Å². The van der Waals surface area contributed by atoms with E-state index in [0.717, 1.165) is 0 Å². The number of hydrogen-bond donors (Lipinski definition) is 1. The highest BCUT2D eigenvalue weighted by Gasteiger charge is 2.07. The third-order valence-corrected chi connectivity index (χ3v) is 5.68. The predicted octanol–water partition coefficient (Wildman–Crippen LogP) is 7.62. The minimum atomic E-state index is 0. The Morgan fingerprint density at radius 3 is 1.65 bits per heavy atom. The third-order valence-electron chi connectivity index (χ3n) is 5.39. The molecule has 0 aliphatic heterocycles. The average Bonchev–Trinajstić information content (AvgIpc) is 2.59. The monoisotopic (exact) mass is 385 g/mol. The zero-order valence-corrected chi connectivity index (χ0v) is 18.4. The first-order valence-electron chi connectivity index (χ1n) is 10.3. The molecule has 0 bridgehead atoms. The summed E-state index contributed by atoms with van der Waals surface area (Å²) in [5.41, 5.74) is 5.70. The summed E-state index contributed by atoms with van der Waals surface area (Å²) in [6, 6.07) is 4.42. The van der Waals surface area contributed by atoms with Crippen molar-refractivity contribution in [2.75, 3.05) is 0 Å². The maximum absolute atomic E-state index is 6.11. The van der Waals surface area contributed by atoms with E-state index in [1.54, 1.807) is 0 Å². The summed E-state index contributed by atoms with van der Waals surface area (Å²) in [5.74, 6) is 0.648. The lowest BCUT2D eigenvalue weighted by Crippen LogP contribution is -1.98. The van der Waals surface area contributed by atoms with Gasteiger partial charge in [0.2, 0.25) is 0 Å². The fourth-order valence-corrected chi connectivity index (χ4v) is 3.80. The molecule has 0 heterocycles. The van der Waals surface area contributed by atoms with E-state index in [9.17, 15) is 0 Å². The van der Waals surface area contributed by atoms with Crippen LogP contribution in [0.25, 0.3) is 0 Å². The van der Waals surface area contributed by atoms with Gasteiger partial charge in [-0.2, -0.15) is 0 Å². The second-order valence-corrected chi connectivity index (χ2v) is 7.69. The van der Waals surface area contributed by atoms with Crippen molar-refractivity contribution in [1.82, 2.24) is 6.15 Å². The Kier molecular flexibility index (Phi) is 19.0. The predicted molar refractivity (Wildman–Crippen MR) is 119 cm³/mol. The van der Waals surface area contributed by atoms with Gasteiger partial charge >= 0.3 is 0 Å². The zero-order valence-electron chi connectivity index (χ0n) is 17.6. The van der Waals surface area contributed by atoms with Gasteiger partial charge in [0.1, 0.15) is 0 Å². The van der Waals surface area contributed by atoms with E-state index in [1.807, 2.05) is 0 Å². The standard InChI is InChI=1S/C23H39Cl.H3N.H2O/c1-4-5-6-7-8-9-10-11-12-13-14-15-16-23-21(3)20(2)17-18-22(23)19-24;;/h17-18H,4-16,19H2,1-3H3;1H3;1H2. The highest BCUT2D eigenvalue weighted by atomic mass is 35.5. The molecule has 0 aliphatic rings. The number of unbranched alkanes of at least 4 members (excludes halogenated alkanes) is 11. The molecule has 26 heavy (non-hydrogen) atoms. The first kappa shape index (κ1) is 27.6. The van der Waals surface area contributed by atoms with Gasteiger partial charge in [0, 0.05) is 5.88 Å². The molecule has 2 nitrogen and oxygen atoms in total. The fourth-order valence-electron chi connectivity index (χ4n) is 3.55. The summed E-state index contributed by atoms with van der Waals surface area (Å²) >= 11 is 6.11. The average molecular weight is 386 g/mol. The van der Waals surface area contributed by atoms with Crippen molar-refractivity contribution in [2.24, 2.45) is 0 Å². The lowest BCUT2D eigenvalue weighted by molar-refractivity contribution is 0.544. The van der Waals surface area contributed by atoms with E-state index in [-0.39, 0.29) is 11.6 Å². The summed E-state index contributed by atoms with van der Waals surface area (Å²) in [6.07, 6.45) is 18.2. The Morgan fingerprint density at radius 2 is 1.19 bits per heavy atom. The van der Waals surface area contributed by atoms with Crippen LogP contribution in [0.1, 0.15) is 106 Å². The molecule has 0 fully saturated rings. The summed E-state index contributed by atoms with van der Waals surface area (Å²) in [7, 11) is 0. The van der Waals surface area contributed by atoms with Gasteiger partial charge in [-0.15, -0.1) is 11.6 Å². The van der Waals surface area contributed by atoms with Crippen LogP contribution in [0.3, 0.4) is 0 Å². The summed E-state index contributed by atoms with van der Waals surface area (Å²) in [6.45, 7) is 6.75. The Balaban J connectivity index is 0. The molecule has 0 aromatic heterocycles. The number of hydrogen-bond acceptors (Lipinski definition) is 1. The van der Waals surface area contributed by atoms with Crippen LogP contribution in [-0.4, -0.2) is 5.48 Å². The fraction of sp³-hybridized carbons (Fsp3) is 0.739. The second-order valence-electron chi connectivity index (χ2n) is 7.42. The first-order valence-corrected chi connectivity index (χ1v) is 10.9. The topological polar surface area (TPSA) is 66.5 Å². The molecule has 5 N–H and O–H groups in total. The summed E-state index contributed by atoms with van der Waals surface area (Å²) in [4.78, 5) is 0. The number of halogens is 1. The summed E-state index contributed by atoms with van der Waals surface area (Å²) < 4.78 is 0. The number of benzene rings is 1. The maximum Gasteiger partial charge on any atom is 0.0476 e. The van der Waals surface area contributed by atoms with E-state index >= 15 is 0 Å². The van der Waals surface area contributed by atoms with Crippen LogP contribution in [0, 0.1) is 13.8 Å². The Bertz CT molecular complexity index is 448. The van der Waals surface area contributed by atoms with Gasteiger partial charge in [-0.25, -0.2) is 0 Å². The molecule has 0 radical (unpaired) electrons. The SMILES string of the molecule is CCCCCCCCCCCCCCc1c(CCl)ccc(C)c1C.N.O. The Labute approximate surface area is 168 Å². The van der Waals surface area contributed by atoms with Crippen LogP contribution < -0.4 is 6.15 Å². The lowest BCUT2D eigenvalue weighted by Gasteiger charge is -2.13. The molecule has 1 rings (SSSR count). The van der Waals surface area contributed by atoms with Gasteiger partial charge in [0.25, 0.3) is 0 Å². The molecule has 154 valence electrons. The molecule has 0 saturated carbocycles. The molecule has 1 aromatic carbocycles. The van der Waals surface area contributed by atoms with Gasteiger partial charge in [0.05, 0.1) is 0 Å². The molecule has 0 saturated heterocycles. The molecule has 0 atom stereocenters. The molecular formula is C23H44ClNO. The van der Waals surface area contributed by atoms with E-state index in [1.165, 1.54) is 106 Å². The van der Waals surface area contributed by atoms with Gasteiger partial charge in [-0.3, -0.25) is 0 Å². The lowest BCUT2D eigenvalue weighted by atomic mass is 9.94. The maximum atomic E-state index is 6.11. The molecule has 0 aliphatic carbocycles. The second kappa shape index (κ2) is 17.8. The Morgan fingerprint density at radius 1 is 0.731 bits per heavy atom. The normalized spacial score (nSPS) is 10.3. The van der Waals surface area contributed by atoms with E-state index in [4.69, 9.17) is 11.6 Å². The molecular weight excluding hydrogens is 342 g/mol. The van der Waals surface area contributed by atoms with E-state index < -0.39 is 0 Å². The molecule has 0 spiro atoms. The highest BCUT2D eigenvalue weighted by molar-refractivity contribution is 6.17. The largest absolute Gasteiger partial charge is 0.412 e. The quantitative estimate of drug-likeness (QED) is 0.259. The van der Waals surface area contributed by atoms with Gasteiger partial charge in [-0.1, -0.05) is 89.7 Å².